The molecule has 0 fully saturated rings. The molecule has 0 spiro atoms. The standard InChI is InChI=1S/C20H14Cl2N2O3/c21-16-13-23-24(19(25)18(16)22)17-11-5-4-10-15(17)20(26)27-12-6-9-14-7-2-1-3-8-14/h1-11,13H,12H2/b9-6+. The van der Waals surface area contributed by atoms with Gasteiger partial charge in [-0.05, 0) is 23.8 Å². The number of carbonyl (C=O) groups is 1. The van der Waals surface area contributed by atoms with Gasteiger partial charge in [-0.15, -0.1) is 0 Å². The summed E-state index contributed by atoms with van der Waals surface area (Å²) < 4.78 is 6.30. The summed E-state index contributed by atoms with van der Waals surface area (Å²) in [5.74, 6) is -0.580. The summed E-state index contributed by atoms with van der Waals surface area (Å²) in [4.78, 5) is 24.8. The van der Waals surface area contributed by atoms with Gasteiger partial charge in [0.25, 0.3) is 5.56 Å². The van der Waals surface area contributed by atoms with Crippen molar-refractivity contribution >= 4 is 35.2 Å². The average Bonchev–Trinajstić information content (AvgIpc) is 2.70. The Morgan fingerprint density at radius 2 is 1.78 bits per heavy atom. The van der Waals surface area contributed by atoms with Crippen LogP contribution in [-0.2, 0) is 4.74 Å². The lowest BCUT2D eigenvalue weighted by atomic mass is 10.2. The number of rotatable bonds is 5. The van der Waals surface area contributed by atoms with Gasteiger partial charge in [0.15, 0.2) is 0 Å². The van der Waals surface area contributed by atoms with Gasteiger partial charge in [-0.2, -0.15) is 9.78 Å². The first-order chi connectivity index (χ1) is 13.1. The second-order valence-electron chi connectivity index (χ2n) is 5.45. The molecule has 3 rings (SSSR count). The van der Waals surface area contributed by atoms with Gasteiger partial charge in [-0.25, -0.2) is 4.79 Å². The Morgan fingerprint density at radius 1 is 1.07 bits per heavy atom. The van der Waals surface area contributed by atoms with E-state index in [2.05, 4.69) is 5.10 Å². The quantitative estimate of drug-likeness (QED) is 0.595. The number of halogens is 2. The summed E-state index contributed by atoms with van der Waals surface area (Å²) in [6.45, 7) is 0.0891. The fourth-order valence-electron chi connectivity index (χ4n) is 2.37. The van der Waals surface area contributed by atoms with Crippen LogP contribution in [0, 0.1) is 0 Å². The van der Waals surface area contributed by atoms with E-state index in [1.807, 2.05) is 36.4 Å². The van der Waals surface area contributed by atoms with Gasteiger partial charge < -0.3 is 4.74 Å². The van der Waals surface area contributed by atoms with Crippen molar-refractivity contribution in [2.24, 2.45) is 0 Å². The highest BCUT2D eigenvalue weighted by atomic mass is 35.5. The van der Waals surface area contributed by atoms with E-state index in [4.69, 9.17) is 27.9 Å². The molecule has 0 aliphatic rings. The number of esters is 1. The minimum Gasteiger partial charge on any atom is -0.458 e. The van der Waals surface area contributed by atoms with Crippen LogP contribution in [0.5, 0.6) is 0 Å². The zero-order chi connectivity index (χ0) is 19.2. The topological polar surface area (TPSA) is 61.2 Å². The van der Waals surface area contributed by atoms with E-state index in [0.717, 1.165) is 10.2 Å². The monoisotopic (exact) mass is 400 g/mol. The highest BCUT2D eigenvalue weighted by molar-refractivity contribution is 6.41. The number of ether oxygens (including phenoxy) is 1. The van der Waals surface area contributed by atoms with E-state index in [1.165, 1.54) is 6.20 Å². The molecule has 7 heteroatoms. The molecule has 0 aliphatic heterocycles. The molecule has 2 aromatic carbocycles. The summed E-state index contributed by atoms with van der Waals surface area (Å²) in [6.07, 6.45) is 4.83. The Morgan fingerprint density at radius 3 is 2.56 bits per heavy atom. The van der Waals surface area contributed by atoms with Crippen molar-refractivity contribution in [1.29, 1.82) is 0 Å². The number of para-hydroxylation sites is 1. The summed E-state index contributed by atoms with van der Waals surface area (Å²) in [6, 6.07) is 16.1. The van der Waals surface area contributed by atoms with Crippen molar-refractivity contribution in [3.05, 3.63) is 98.4 Å². The molecule has 0 bridgehead atoms. The average molecular weight is 401 g/mol. The molecule has 0 amide bonds. The number of hydrogen-bond acceptors (Lipinski definition) is 4. The third-order valence-corrected chi connectivity index (χ3v) is 4.40. The molecule has 0 unspecified atom stereocenters. The van der Waals surface area contributed by atoms with Gasteiger partial charge in [-0.3, -0.25) is 4.79 Å². The molecular formula is C20H14Cl2N2O3. The van der Waals surface area contributed by atoms with Gasteiger partial charge in [0.2, 0.25) is 0 Å². The maximum Gasteiger partial charge on any atom is 0.340 e. The molecule has 5 nitrogen and oxygen atoms in total. The number of nitrogens with zero attached hydrogens (tertiary/aromatic N) is 2. The molecule has 0 N–H and O–H groups in total. The van der Waals surface area contributed by atoms with Gasteiger partial charge in [0.05, 0.1) is 22.5 Å². The molecule has 0 radical (unpaired) electrons. The van der Waals surface area contributed by atoms with Crippen molar-refractivity contribution < 1.29 is 9.53 Å². The van der Waals surface area contributed by atoms with Gasteiger partial charge in [-0.1, -0.05) is 71.7 Å². The molecule has 1 heterocycles. The van der Waals surface area contributed by atoms with E-state index in [1.54, 1.807) is 30.3 Å². The van der Waals surface area contributed by atoms with Crippen LogP contribution < -0.4 is 5.56 Å². The van der Waals surface area contributed by atoms with Crippen LogP contribution in [-0.4, -0.2) is 22.4 Å². The predicted octanol–water partition coefficient (Wildman–Crippen LogP) is 4.41. The van der Waals surface area contributed by atoms with Gasteiger partial charge in [0, 0.05) is 0 Å². The van der Waals surface area contributed by atoms with E-state index in [0.29, 0.717) is 0 Å². The summed E-state index contributed by atoms with van der Waals surface area (Å²) in [5, 5.41) is 3.83. The van der Waals surface area contributed by atoms with Crippen LogP contribution in [0.1, 0.15) is 15.9 Å². The van der Waals surface area contributed by atoms with Crippen molar-refractivity contribution in [1.82, 2.24) is 9.78 Å². The first kappa shape index (κ1) is 18.9. The first-order valence-electron chi connectivity index (χ1n) is 7.99. The van der Waals surface area contributed by atoms with Crippen LogP contribution >= 0.6 is 23.2 Å². The number of carbonyl (C=O) groups excluding carboxylic acids is 1. The second-order valence-corrected chi connectivity index (χ2v) is 6.24. The van der Waals surface area contributed by atoms with Crippen LogP contribution in [0.25, 0.3) is 11.8 Å². The van der Waals surface area contributed by atoms with Gasteiger partial charge in [0.1, 0.15) is 11.6 Å². The summed E-state index contributed by atoms with van der Waals surface area (Å²) in [7, 11) is 0. The maximum absolute atomic E-state index is 12.5. The molecule has 0 aliphatic carbocycles. The lowest BCUT2D eigenvalue weighted by molar-refractivity contribution is 0.0550. The van der Waals surface area contributed by atoms with Crippen LogP contribution in [0.15, 0.2) is 71.7 Å². The third-order valence-electron chi connectivity index (χ3n) is 3.65. The Labute approximate surface area is 165 Å². The Hall–Kier alpha value is -2.89. The Bertz CT molecular complexity index is 1050. The fraction of sp³-hybridized carbons (Fsp3) is 0.0500. The van der Waals surface area contributed by atoms with Gasteiger partial charge >= 0.3 is 5.97 Å². The van der Waals surface area contributed by atoms with Crippen molar-refractivity contribution in [2.45, 2.75) is 0 Å². The van der Waals surface area contributed by atoms with Crippen LogP contribution in [0.2, 0.25) is 10.0 Å². The smallest absolute Gasteiger partial charge is 0.340 e. The summed E-state index contributed by atoms with van der Waals surface area (Å²) >= 11 is 11.7. The zero-order valence-electron chi connectivity index (χ0n) is 14.0. The van der Waals surface area contributed by atoms with E-state index in [9.17, 15) is 9.59 Å². The minimum absolute atomic E-state index is 0.0454. The molecule has 0 saturated heterocycles. The highest BCUT2D eigenvalue weighted by Gasteiger charge is 2.17. The first-order valence-corrected chi connectivity index (χ1v) is 8.75. The lowest BCUT2D eigenvalue weighted by Gasteiger charge is -2.10. The lowest BCUT2D eigenvalue weighted by Crippen LogP contribution is -2.24. The summed E-state index contributed by atoms with van der Waals surface area (Å²) in [5.41, 5.74) is 0.839. The fourth-order valence-corrected chi connectivity index (χ4v) is 2.62. The molecular weight excluding hydrogens is 387 g/mol. The van der Waals surface area contributed by atoms with Crippen LogP contribution in [0.3, 0.4) is 0 Å². The van der Waals surface area contributed by atoms with Crippen molar-refractivity contribution in [2.75, 3.05) is 6.61 Å². The SMILES string of the molecule is O=C(OC/C=C/c1ccccc1)c1ccccc1-n1ncc(Cl)c(Cl)c1=O. The highest BCUT2D eigenvalue weighted by Crippen LogP contribution is 2.18. The predicted molar refractivity (Wildman–Crippen MR) is 106 cm³/mol. The normalized spacial score (nSPS) is 10.9. The molecule has 136 valence electrons. The Balaban J connectivity index is 1.80. The largest absolute Gasteiger partial charge is 0.458 e. The number of hydrogen-bond donors (Lipinski definition) is 0. The van der Waals surface area contributed by atoms with Crippen LogP contribution in [0.4, 0.5) is 0 Å². The number of benzene rings is 2. The van der Waals surface area contributed by atoms with E-state index >= 15 is 0 Å². The molecule has 0 atom stereocenters. The minimum atomic E-state index is -0.617. The molecule has 1 aromatic heterocycles. The van der Waals surface area contributed by atoms with Crippen molar-refractivity contribution in [3.63, 3.8) is 0 Å². The van der Waals surface area contributed by atoms with E-state index in [-0.39, 0.29) is 27.9 Å². The van der Waals surface area contributed by atoms with E-state index < -0.39 is 11.5 Å². The number of aromatic nitrogens is 2. The van der Waals surface area contributed by atoms with Crippen molar-refractivity contribution in [3.8, 4) is 5.69 Å². The maximum atomic E-state index is 12.5. The zero-order valence-corrected chi connectivity index (χ0v) is 15.5. The molecule has 27 heavy (non-hydrogen) atoms. The molecule has 3 aromatic rings. The third kappa shape index (κ3) is 4.45. The molecule has 0 saturated carbocycles. The second kappa shape index (κ2) is 8.66. The Kier molecular flexibility index (Phi) is 6.06.